The van der Waals surface area contributed by atoms with Crippen molar-refractivity contribution in [3.8, 4) is 11.1 Å². The Bertz CT molecular complexity index is 1220. The van der Waals surface area contributed by atoms with Crippen molar-refractivity contribution in [3.05, 3.63) is 83.7 Å². The number of amides is 3. The van der Waals surface area contributed by atoms with Gasteiger partial charge in [0.25, 0.3) is 11.8 Å². The minimum Gasteiger partial charge on any atom is -0.357 e. The van der Waals surface area contributed by atoms with Crippen LogP contribution in [0.2, 0.25) is 0 Å². The van der Waals surface area contributed by atoms with Gasteiger partial charge in [0.15, 0.2) is 0 Å². The van der Waals surface area contributed by atoms with Crippen molar-refractivity contribution in [1.29, 1.82) is 0 Å². The van der Waals surface area contributed by atoms with Gasteiger partial charge in [-0.3, -0.25) is 14.4 Å². The first-order valence-corrected chi connectivity index (χ1v) is 11.0. The summed E-state index contributed by atoms with van der Waals surface area (Å²) >= 11 is 0. The molecule has 1 aliphatic rings. The second-order valence-electron chi connectivity index (χ2n) is 8.07. The number of nitrogens with zero attached hydrogens (tertiary/aromatic N) is 2. The molecule has 0 bridgehead atoms. The van der Waals surface area contributed by atoms with E-state index in [1.807, 2.05) is 30.3 Å². The number of aromatic amines is 1. The van der Waals surface area contributed by atoms with Crippen LogP contribution in [0.4, 0.5) is 13.2 Å². The third-order valence-corrected chi connectivity index (χ3v) is 5.82. The number of carbonyl (C=O) groups is 3. The average Bonchev–Trinajstić information content (AvgIpc) is 3.37. The Hall–Kier alpha value is -4.08. The molecule has 2 aromatic carbocycles. The Labute approximate surface area is 199 Å². The molecule has 2 N–H and O–H groups in total. The molecule has 35 heavy (non-hydrogen) atoms. The molecule has 3 amide bonds. The summed E-state index contributed by atoms with van der Waals surface area (Å²) in [4.78, 5) is 43.3. The number of carbonyl (C=O) groups excluding carboxylic acids is 3. The van der Waals surface area contributed by atoms with Crippen LogP contribution in [0.15, 0.2) is 66.9 Å². The molecule has 10 heteroatoms. The third kappa shape index (κ3) is 5.53. The summed E-state index contributed by atoms with van der Waals surface area (Å²) in [5.74, 6) is -1.49. The van der Waals surface area contributed by atoms with Crippen molar-refractivity contribution in [2.24, 2.45) is 0 Å². The first-order chi connectivity index (χ1) is 16.7. The molecule has 3 aromatic rings. The number of hydrogen-bond donors (Lipinski definition) is 2. The Kier molecular flexibility index (Phi) is 6.90. The molecule has 1 saturated heterocycles. The molecule has 4 rings (SSSR count). The Morgan fingerprint density at radius 3 is 2.17 bits per heavy atom. The normalized spacial score (nSPS) is 14.0. The molecule has 1 aliphatic heterocycles. The quantitative estimate of drug-likeness (QED) is 0.582. The monoisotopic (exact) mass is 484 g/mol. The van der Waals surface area contributed by atoms with Crippen LogP contribution >= 0.6 is 0 Å². The highest BCUT2D eigenvalue weighted by molar-refractivity contribution is 5.97. The van der Waals surface area contributed by atoms with Gasteiger partial charge in [0.1, 0.15) is 5.69 Å². The summed E-state index contributed by atoms with van der Waals surface area (Å²) in [6, 6.07) is 15.9. The smallest absolute Gasteiger partial charge is 0.357 e. The molecule has 0 unspecified atom stereocenters. The molecule has 182 valence electrons. The van der Waals surface area contributed by atoms with Gasteiger partial charge in [-0.25, -0.2) is 0 Å². The van der Waals surface area contributed by atoms with Crippen molar-refractivity contribution in [2.45, 2.75) is 6.18 Å². The average molecular weight is 484 g/mol. The summed E-state index contributed by atoms with van der Waals surface area (Å²) in [6.07, 6.45) is -2.93. The van der Waals surface area contributed by atoms with E-state index in [1.165, 1.54) is 21.9 Å². The van der Waals surface area contributed by atoms with Crippen LogP contribution < -0.4 is 5.32 Å². The zero-order chi connectivity index (χ0) is 25.0. The van der Waals surface area contributed by atoms with Crippen molar-refractivity contribution < 1.29 is 27.6 Å². The van der Waals surface area contributed by atoms with E-state index in [0.717, 1.165) is 23.3 Å². The molecule has 0 spiro atoms. The molecule has 1 aromatic heterocycles. The zero-order valence-corrected chi connectivity index (χ0v) is 18.6. The standard InChI is InChI=1S/C25H23F3N4O3/c26-25(27,28)20-9-5-4-8-19(20)24(35)32-12-10-31(11-13-32)22(33)16-30-23(34)21-14-18(15-29-21)17-6-2-1-3-7-17/h1-9,14-15,29H,10-13,16H2,(H,30,34). The highest BCUT2D eigenvalue weighted by Crippen LogP contribution is 2.32. The number of halogens is 3. The van der Waals surface area contributed by atoms with E-state index in [1.54, 1.807) is 12.3 Å². The summed E-state index contributed by atoms with van der Waals surface area (Å²) in [5.41, 5.74) is 0.716. The number of hydrogen-bond acceptors (Lipinski definition) is 3. The topological polar surface area (TPSA) is 85.5 Å². The fraction of sp³-hybridized carbons (Fsp3) is 0.240. The van der Waals surface area contributed by atoms with Gasteiger partial charge in [-0.15, -0.1) is 0 Å². The van der Waals surface area contributed by atoms with E-state index in [9.17, 15) is 27.6 Å². The number of benzene rings is 2. The molecule has 0 radical (unpaired) electrons. The summed E-state index contributed by atoms with van der Waals surface area (Å²) < 4.78 is 39.7. The van der Waals surface area contributed by atoms with Crippen molar-refractivity contribution >= 4 is 17.7 Å². The van der Waals surface area contributed by atoms with E-state index < -0.39 is 29.1 Å². The third-order valence-electron chi connectivity index (χ3n) is 5.82. The highest BCUT2D eigenvalue weighted by Gasteiger charge is 2.36. The van der Waals surface area contributed by atoms with Crippen LogP contribution in [0.25, 0.3) is 11.1 Å². The predicted octanol–water partition coefficient (Wildman–Crippen LogP) is 3.41. The van der Waals surface area contributed by atoms with Gasteiger partial charge in [0, 0.05) is 32.4 Å². The van der Waals surface area contributed by atoms with E-state index in [2.05, 4.69) is 10.3 Å². The summed E-state index contributed by atoms with van der Waals surface area (Å²) in [7, 11) is 0. The maximum Gasteiger partial charge on any atom is 0.417 e. The van der Waals surface area contributed by atoms with Crippen molar-refractivity contribution in [3.63, 3.8) is 0 Å². The van der Waals surface area contributed by atoms with Crippen molar-refractivity contribution in [2.75, 3.05) is 32.7 Å². The lowest BCUT2D eigenvalue weighted by Gasteiger charge is -2.35. The van der Waals surface area contributed by atoms with E-state index in [0.29, 0.717) is 5.69 Å². The van der Waals surface area contributed by atoms with Crippen LogP contribution in [0, 0.1) is 0 Å². The lowest BCUT2D eigenvalue weighted by molar-refractivity contribution is -0.138. The van der Waals surface area contributed by atoms with Crippen molar-refractivity contribution in [1.82, 2.24) is 20.1 Å². The largest absolute Gasteiger partial charge is 0.417 e. The van der Waals surface area contributed by atoms with Crippen LogP contribution in [-0.2, 0) is 11.0 Å². The minimum absolute atomic E-state index is 0.0990. The number of H-pyrrole nitrogens is 1. The van der Waals surface area contributed by atoms with Crippen LogP contribution in [0.3, 0.4) is 0 Å². The van der Waals surface area contributed by atoms with E-state index in [-0.39, 0.29) is 38.6 Å². The van der Waals surface area contributed by atoms with Gasteiger partial charge in [-0.2, -0.15) is 13.2 Å². The molecular weight excluding hydrogens is 461 g/mol. The van der Waals surface area contributed by atoms with Crippen LogP contribution in [0.5, 0.6) is 0 Å². The first kappa shape index (κ1) is 24.1. The molecule has 0 aliphatic carbocycles. The SMILES string of the molecule is O=C(NCC(=O)N1CCN(C(=O)c2ccccc2C(F)(F)F)CC1)c1cc(-c2ccccc2)c[nH]1. The van der Waals surface area contributed by atoms with Gasteiger partial charge in [0.2, 0.25) is 5.91 Å². The summed E-state index contributed by atoms with van der Waals surface area (Å²) in [5, 5.41) is 2.58. The zero-order valence-electron chi connectivity index (χ0n) is 18.6. The molecule has 0 saturated carbocycles. The number of rotatable bonds is 5. The van der Waals surface area contributed by atoms with Crippen LogP contribution in [0.1, 0.15) is 26.4 Å². The first-order valence-electron chi connectivity index (χ1n) is 11.0. The lowest BCUT2D eigenvalue weighted by Crippen LogP contribution is -2.52. The molecule has 7 nitrogen and oxygen atoms in total. The number of alkyl halides is 3. The number of nitrogens with one attached hydrogen (secondary N) is 2. The van der Waals surface area contributed by atoms with Crippen LogP contribution in [-0.4, -0.2) is 65.2 Å². The fourth-order valence-corrected chi connectivity index (χ4v) is 3.93. The van der Waals surface area contributed by atoms with Gasteiger partial charge < -0.3 is 20.1 Å². The van der Waals surface area contributed by atoms with E-state index >= 15 is 0 Å². The molecule has 1 fully saturated rings. The summed E-state index contributed by atoms with van der Waals surface area (Å²) in [6.45, 7) is 0.289. The lowest BCUT2D eigenvalue weighted by atomic mass is 10.1. The van der Waals surface area contributed by atoms with Gasteiger partial charge in [-0.05, 0) is 29.3 Å². The second-order valence-corrected chi connectivity index (χ2v) is 8.07. The number of piperazine rings is 1. The van der Waals surface area contributed by atoms with Gasteiger partial charge in [-0.1, -0.05) is 42.5 Å². The Morgan fingerprint density at radius 1 is 0.857 bits per heavy atom. The predicted molar refractivity (Wildman–Crippen MR) is 122 cm³/mol. The Morgan fingerprint density at radius 2 is 1.49 bits per heavy atom. The highest BCUT2D eigenvalue weighted by atomic mass is 19.4. The minimum atomic E-state index is -4.64. The van der Waals surface area contributed by atoms with Gasteiger partial charge in [0.05, 0.1) is 17.7 Å². The molecule has 2 heterocycles. The molecule has 0 atom stereocenters. The maximum absolute atomic E-state index is 13.2. The fourth-order valence-electron chi connectivity index (χ4n) is 3.93. The van der Waals surface area contributed by atoms with E-state index in [4.69, 9.17) is 0 Å². The van der Waals surface area contributed by atoms with Gasteiger partial charge >= 0.3 is 6.18 Å². The second kappa shape index (κ2) is 10.0. The molecular formula is C25H23F3N4O3. The number of aromatic nitrogens is 1. The Balaban J connectivity index is 1.29. The maximum atomic E-state index is 13.2.